The number of amides is 2. The van der Waals surface area contributed by atoms with Gasteiger partial charge in [0.15, 0.2) is 0 Å². The van der Waals surface area contributed by atoms with Crippen LogP contribution in [0.1, 0.15) is 43.5 Å². The second-order valence-electron chi connectivity index (χ2n) is 6.52. The van der Waals surface area contributed by atoms with Gasteiger partial charge in [0.05, 0.1) is 5.56 Å². The first-order chi connectivity index (χ1) is 11.0. The highest BCUT2D eigenvalue weighted by Crippen LogP contribution is 2.20. The van der Waals surface area contributed by atoms with E-state index in [-0.39, 0.29) is 23.3 Å². The molecule has 5 heteroatoms. The Kier molecular flexibility index (Phi) is 6.13. The molecular formula is C18H25FN2O2. The number of carbonyl (C=O) groups is 2. The van der Waals surface area contributed by atoms with Crippen LogP contribution in [-0.2, 0) is 4.79 Å². The average molecular weight is 320 g/mol. The molecular weight excluding hydrogens is 295 g/mol. The molecule has 0 aliphatic carbocycles. The second-order valence-corrected chi connectivity index (χ2v) is 6.52. The molecule has 0 atom stereocenters. The van der Waals surface area contributed by atoms with Crippen LogP contribution in [-0.4, -0.2) is 36.3 Å². The fraction of sp³-hybridized carbons (Fsp3) is 0.556. The van der Waals surface area contributed by atoms with Gasteiger partial charge in [-0.1, -0.05) is 26.0 Å². The van der Waals surface area contributed by atoms with Crippen LogP contribution in [0.3, 0.4) is 0 Å². The Labute approximate surface area is 137 Å². The zero-order valence-electron chi connectivity index (χ0n) is 13.8. The maximum Gasteiger partial charge on any atom is 0.256 e. The number of nitrogens with one attached hydrogen (secondary N) is 1. The van der Waals surface area contributed by atoms with Crippen LogP contribution in [0.15, 0.2) is 24.3 Å². The van der Waals surface area contributed by atoms with E-state index in [1.165, 1.54) is 12.1 Å². The number of piperidine rings is 1. The number of nitrogens with zero attached hydrogens (tertiary/aromatic N) is 1. The lowest BCUT2D eigenvalue weighted by Gasteiger charge is -2.31. The minimum atomic E-state index is -0.494. The average Bonchev–Trinajstić information content (AvgIpc) is 2.54. The molecule has 4 nitrogen and oxygen atoms in total. The third kappa shape index (κ3) is 4.78. The monoisotopic (exact) mass is 320 g/mol. The van der Waals surface area contributed by atoms with Gasteiger partial charge in [-0.15, -0.1) is 0 Å². The summed E-state index contributed by atoms with van der Waals surface area (Å²) in [5.41, 5.74) is 0.104. The zero-order valence-corrected chi connectivity index (χ0v) is 13.8. The molecule has 126 valence electrons. The zero-order chi connectivity index (χ0) is 16.8. The van der Waals surface area contributed by atoms with Crippen molar-refractivity contribution < 1.29 is 14.0 Å². The molecule has 1 aliphatic rings. The molecule has 1 N–H and O–H groups in total. The van der Waals surface area contributed by atoms with Gasteiger partial charge in [-0.25, -0.2) is 4.39 Å². The van der Waals surface area contributed by atoms with E-state index in [1.54, 1.807) is 17.0 Å². The van der Waals surface area contributed by atoms with Crippen molar-refractivity contribution in [1.82, 2.24) is 10.2 Å². The molecule has 0 radical (unpaired) electrons. The Bertz CT molecular complexity index is 552. The van der Waals surface area contributed by atoms with Crippen LogP contribution in [0, 0.1) is 17.7 Å². The number of hydrogen-bond acceptors (Lipinski definition) is 2. The smallest absolute Gasteiger partial charge is 0.256 e. The number of hydrogen-bond donors (Lipinski definition) is 1. The summed E-state index contributed by atoms with van der Waals surface area (Å²) in [7, 11) is 0. The lowest BCUT2D eigenvalue weighted by molar-refractivity contribution is -0.126. The van der Waals surface area contributed by atoms with Crippen molar-refractivity contribution in [3.63, 3.8) is 0 Å². The Hall–Kier alpha value is -1.91. The molecule has 2 amide bonds. The molecule has 0 spiro atoms. The molecule has 0 unspecified atom stereocenters. The second kappa shape index (κ2) is 8.09. The van der Waals surface area contributed by atoms with Crippen LogP contribution in [0.25, 0.3) is 0 Å². The van der Waals surface area contributed by atoms with Crippen molar-refractivity contribution in [3.05, 3.63) is 35.6 Å². The molecule has 1 fully saturated rings. The van der Waals surface area contributed by atoms with E-state index < -0.39 is 5.82 Å². The highest BCUT2D eigenvalue weighted by Gasteiger charge is 2.28. The molecule has 1 aliphatic heterocycles. The van der Waals surface area contributed by atoms with Gasteiger partial charge in [0, 0.05) is 25.6 Å². The quantitative estimate of drug-likeness (QED) is 0.907. The van der Waals surface area contributed by atoms with E-state index in [0.717, 1.165) is 6.42 Å². The number of likely N-dealkylation sites (tertiary alicyclic amines) is 1. The molecule has 0 saturated carbocycles. The Balaban J connectivity index is 1.83. The number of benzene rings is 1. The van der Waals surface area contributed by atoms with Crippen molar-refractivity contribution in [2.75, 3.05) is 19.6 Å². The first kappa shape index (κ1) is 17.4. The van der Waals surface area contributed by atoms with Gasteiger partial charge in [0.2, 0.25) is 5.91 Å². The Morgan fingerprint density at radius 1 is 1.26 bits per heavy atom. The number of rotatable bonds is 5. The van der Waals surface area contributed by atoms with E-state index in [2.05, 4.69) is 19.2 Å². The normalized spacial score (nSPS) is 15.7. The highest BCUT2D eigenvalue weighted by molar-refractivity contribution is 5.94. The third-order valence-electron chi connectivity index (χ3n) is 4.28. The van der Waals surface area contributed by atoms with E-state index in [9.17, 15) is 14.0 Å². The fourth-order valence-corrected chi connectivity index (χ4v) is 2.78. The van der Waals surface area contributed by atoms with Gasteiger partial charge in [0.1, 0.15) is 5.82 Å². The van der Waals surface area contributed by atoms with Crippen LogP contribution in [0.5, 0.6) is 0 Å². The maximum atomic E-state index is 13.7. The standard InChI is InChI=1S/C18H25FN2O2/c1-13(2)7-10-20-17(22)14-8-11-21(12-9-14)18(23)15-5-3-4-6-16(15)19/h3-6,13-14H,7-12H2,1-2H3,(H,20,22). The first-order valence-corrected chi connectivity index (χ1v) is 8.30. The first-order valence-electron chi connectivity index (χ1n) is 8.30. The summed E-state index contributed by atoms with van der Waals surface area (Å²) in [6, 6.07) is 6.02. The summed E-state index contributed by atoms with van der Waals surface area (Å²) >= 11 is 0. The van der Waals surface area contributed by atoms with Crippen LogP contribution >= 0.6 is 0 Å². The molecule has 23 heavy (non-hydrogen) atoms. The molecule has 0 bridgehead atoms. The van der Waals surface area contributed by atoms with Crippen molar-refractivity contribution in [2.45, 2.75) is 33.1 Å². The minimum Gasteiger partial charge on any atom is -0.356 e. The predicted molar refractivity (Wildman–Crippen MR) is 87.5 cm³/mol. The van der Waals surface area contributed by atoms with Crippen LogP contribution < -0.4 is 5.32 Å². The molecule has 2 rings (SSSR count). The largest absolute Gasteiger partial charge is 0.356 e. The summed E-state index contributed by atoms with van der Waals surface area (Å²) < 4.78 is 13.7. The van der Waals surface area contributed by atoms with E-state index in [1.807, 2.05) is 0 Å². The van der Waals surface area contributed by atoms with Gasteiger partial charge in [-0.3, -0.25) is 9.59 Å². The Morgan fingerprint density at radius 2 is 1.91 bits per heavy atom. The fourth-order valence-electron chi connectivity index (χ4n) is 2.78. The molecule has 1 aromatic rings. The van der Waals surface area contributed by atoms with Gasteiger partial charge < -0.3 is 10.2 Å². The van der Waals surface area contributed by atoms with E-state index >= 15 is 0 Å². The van der Waals surface area contributed by atoms with Gasteiger partial charge in [0.25, 0.3) is 5.91 Å². The summed E-state index contributed by atoms with van der Waals surface area (Å²) in [6.45, 7) is 5.94. The summed E-state index contributed by atoms with van der Waals surface area (Å²) in [4.78, 5) is 26.1. The third-order valence-corrected chi connectivity index (χ3v) is 4.28. The molecule has 1 saturated heterocycles. The highest BCUT2D eigenvalue weighted by atomic mass is 19.1. The van der Waals surface area contributed by atoms with Crippen LogP contribution in [0.2, 0.25) is 0 Å². The number of halogens is 1. The predicted octanol–water partition coefficient (Wildman–Crippen LogP) is 2.84. The summed E-state index contributed by atoms with van der Waals surface area (Å²) in [5.74, 6) is -0.196. The Morgan fingerprint density at radius 3 is 2.52 bits per heavy atom. The summed E-state index contributed by atoms with van der Waals surface area (Å²) in [5, 5.41) is 2.97. The van der Waals surface area contributed by atoms with Crippen LogP contribution in [0.4, 0.5) is 4.39 Å². The van der Waals surface area contributed by atoms with Crippen molar-refractivity contribution >= 4 is 11.8 Å². The topological polar surface area (TPSA) is 49.4 Å². The maximum absolute atomic E-state index is 13.7. The van der Waals surface area contributed by atoms with E-state index in [4.69, 9.17) is 0 Å². The van der Waals surface area contributed by atoms with E-state index in [0.29, 0.717) is 38.4 Å². The molecule has 1 heterocycles. The summed E-state index contributed by atoms with van der Waals surface area (Å²) in [6.07, 6.45) is 2.23. The SMILES string of the molecule is CC(C)CCNC(=O)C1CCN(C(=O)c2ccccc2F)CC1. The van der Waals surface area contributed by atoms with Gasteiger partial charge >= 0.3 is 0 Å². The number of carbonyl (C=O) groups excluding carboxylic acids is 2. The molecule has 0 aromatic heterocycles. The lowest BCUT2D eigenvalue weighted by atomic mass is 9.95. The van der Waals surface area contributed by atoms with Gasteiger partial charge in [-0.05, 0) is 37.3 Å². The van der Waals surface area contributed by atoms with Crippen molar-refractivity contribution in [1.29, 1.82) is 0 Å². The van der Waals surface area contributed by atoms with Crippen molar-refractivity contribution in [2.24, 2.45) is 11.8 Å². The lowest BCUT2D eigenvalue weighted by Crippen LogP contribution is -2.43. The molecule has 1 aromatic carbocycles. The minimum absolute atomic E-state index is 0.0492. The van der Waals surface area contributed by atoms with Gasteiger partial charge in [-0.2, -0.15) is 0 Å². The van der Waals surface area contributed by atoms with Crippen molar-refractivity contribution in [3.8, 4) is 0 Å².